The van der Waals surface area contributed by atoms with E-state index in [0.29, 0.717) is 5.69 Å². The lowest BCUT2D eigenvalue weighted by molar-refractivity contribution is -0.119. The van der Waals surface area contributed by atoms with Gasteiger partial charge in [-0.15, -0.1) is 0 Å². The third-order valence-corrected chi connectivity index (χ3v) is 9.32. The molecule has 1 aliphatic carbocycles. The van der Waals surface area contributed by atoms with Crippen molar-refractivity contribution in [1.82, 2.24) is 10.6 Å². The van der Waals surface area contributed by atoms with Crippen molar-refractivity contribution < 1.29 is 14.4 Å². The molecule has 0 spiro atoms. The molecule has 9 nitrogen and oxygen atoms in total. The van der Waals surface area contributed by atoms with E-state index in [0.717, 1.165) is 97.1 Å². The molecule has 48 heavy (non-hydrogen) atoms. The van der Waals surface area contributed by atoms with E-state index in [-0.39, 0.29) is 18.2 Å². The fourth-order valence-electron chi connectivity index (χ4n) is 6.87. The predicted molar refractivity (Wildman–Crippen MR) is 194 cm³/mol. The zero-order chi connectivity index (χ0) is 33.3. The highest BCUT2D eigenvalue weighted by molar-refractivity contribution is 6.06. The number of urea groups is 1. The monoisotopic (exact) mass is 644 g/mol. The van der Waals surface area contributed by atoms with E-state index in [1.54, 1.807) is 12.2 Å². The summed E-state index contributed by atoms with van der Waals surface area (Å²) in [4.78, 5) is 41.9. The summed E-state index contributed by atoms with van der Waals surface area (Å²) in [6.45, 7) is 3.28. The molecule has 4 amide bonds. The van der Waals surface area contributed by atoms with Crippen molar-refractivity contribution >= 4 is 51.8 Å². The lowest BCUT2D eigenvalue weighted by Crippen LogP contribution is -2.47. The molecule has 4 aromatic carbocycles. The number of carbonyl (C=O) groups is 3. The SMILES string of the molecule is NC(=O)C(Cc1ccc2ccccc2c1)NC(=O)Nc1ccc(N2CCNCC2)c(NC(=O)/C=C/c2ccccc2)c1C1CCCCC1. The summed E-state index contributed by atoms with van der Waals surface area (Å²) in [5.74, 6) is -0.703. The summed E-state index contributed by atoms with van der Waals surface area (Å²) in [7, 11) is 0. The van der Waals surface area contributed by atoms with Crippen molar-refractivity contribution in [2.45, 2.75) is 50.5 Å². The second-order valence-electron chi connectivity index (χ2n) is 12.7. The van der Waals surface area contributed by atoms with Crippen LogP contribution in [0.2, 0.25) is 0 Å². The van der Waals surface area contributed by atoms with Gasteiger partial charge in [-0.3, -0.25) is 9.59 Å². The Labute approximate surface area is 282 Å². The lowest BCUT2D eigenvalue weighted by atomic mass is 9.82. The smallest absolute Gasteiger partial charge is 0.319 e. The summed E-state index contributed by atoms with van der Waals surface area (Å²) < 4.78 is 0. The Morgan fingerprint density at radius 2 is 1.58 bits per heavy atom. The first-order valence-corrected chi connectivity index (χ1v) is 17.0. The first kappa shape index (κ1) is 32.8. The molecule has 0 aromatic heterocycles. The van der Waals surface area contributed by atoms with E-state index in [9.17, 15) is 14.4 Å². The number of anilines is 3. The minimum Gasteiger partial charge on any atom is -0.368 e. The number of amides is 4. The van der Waals surface area contributed by atoms with E-state index in [2.05, 4.69) is 26.2 Å². The first-order valence-electron chi connectivity index (χ1n) is 17.0. The van der Waals surface area contributed by atoms with Gasteiger partial charge in [0.05, 0.1) is 11.4 Å². The topological polar surface area (TPSA) is 129 Å². The number of nitrogens with one attached hydrogen (secondary N) is 4. The van der Waals surface area contributed by atoms with E-state index in [1.165, 1.54) is 0 Å². The van der Waals surface area contributed by atoms with Crippen LogP contribution < -0.4 is 31.9 Å². The molecule has 248 valence electrons. The number of piperazine rings is 1. The molecule has 2 fully saturated rings. The quantitative estimate of drug-likeness (QED) is 0.132. The molecule has 1 heterocycles. The first-order chi connectivity index (χ1) is 23.4. The molecule has 6 rings (SSSR count). The van der Waals surface area contributed by atoms with Gasteiger partial charge in [-0.25, -0.2) is 4.79 Å². The minimum atomic E-state index is -0.910. The number of benzene rings is 4. The fraction of sp³-hybridized carbons (Fsp3) is 0.308. The lowest BCUT2D eigenvalue weighted by Gasteiger charge is -2.34. The number of hydrogen-bond acceptors (Lipinski definition) is 5. The van der Waals surface area contributed by atoms with Gasteiger partial charge in [-0.05, 0) is 58.9 Å². The number of nitrogens with zero attached hydrogens (tertiary/aromatic N) is 1. The standard InChI is InChI=1S/C39H44N6O3/c40-38(47)33(26-28-15-17-29-11-7-8-14-31(29)25-28)43-39(48)42-32-18-19-34(45-23-21-41-22-24-45)37(36(32)30-12-5-2-6-13-30)44-35(46)20-16-27-9-3-1-4-10-27/h1,3-4,7-11,14-20,25,30,33,41H,2,5-6,12-13,21-24,26H2,(H2,40,47)(H,44,46)(H2,42,43,48)/b20-16+. The molecular formula is C39H44N6O3. The second kappa shape index (κ2) is 15.6. The van der Waals surface area contributed by atoms with E-state index in [1.807, 2.05) is 84.9 Å². The van der Waals surface area contributed by atoms with Gasteiger partial charge in [0.25, 0.3) is 0 Å². The number of carbonyl (C=O) groups excluding carboxylic acids is 3. The molecule has 4 aromatic rings. The summed E-state index contributed by atoms with van der Waals surface area (Å²) in [5.41, 5.74) is 10.8. The Balaban J connectivity index is 1.29. The van der Waals surface area contributed by atoms with Crippen LogP contribution >= 0.6 is 0 Å². The van der Waals surface area contributed by atoms with Gasteiger partial charge >= 0.3 is 6.03 Å². The molecule has 9 heteroatoms. The molecule has 0 radical (unpaired) electrons. The van der Waals surface area contributed by atoms with Crippen LogP contribution in [0.15, 0.2) is 91.0 Å². The third kappa shape index (κ3) is 8.22. The van der Waals surface area contributed by atoms with Gasteiger partial charge in [0, 0.05) is 49.9 Å². The highest BCUT2D eigenvalue weighted by atomic mass is 16.2. The van der Waals surface area contributed by atoms with Gasteiger partial charge in [0.1, 0.15) is 6.04 Å². The van der Waals surface area contributed by atoms with Crippen LogP contribution in [0.4, 0.5) is 21.9 Å². The van der Waals surface area contributed by atoms with Crippen LogP contribution in [0.5, 0.6) is 0 Å². The molecule has 1 atom stereocenters. The number of primary amides is 1. The van der Waals surface area contributed by atoms with Gasteiger partial charge in [-0.1, -0.05) is 92.1 Å². The van der Waals surface area contributed by atoms with Crippen molar-refractivity contribution in [1.29, 1.82) is 0 Å². The summed E-state index contributed by atoms with van der Waals surface area (Å²) in [6, 6.07) is 26.2. The molecule has 1 unspecified atom stereocenters. The summed E-state index contributed by atoms with van der Waals surface area (Å²) >= 11 is 0. The Bertz CT molecular complexity index is 1780. The van der Waals surface area contributed by atoms with Crippen LogP contribution in [-0.4, -0.2) is 50.1 Å². The average molecular weight is 645 g/mol. The van der Waals surface area contributed by atoms with Crippen molar-refractivity contribution in [3.8, 4) is 0 Å². The second-order valence-corrected chi connectivity index (χ2v) is 12.7. The zero-order valence-corrected chi connectivity index (χ0v) is 27.2. The number of rotatable bonds is 10. The van der Waals surface area contributed by atoms with Crippen LogP contribution in [0, 0.1) is 0 Å². The molecular weight excluding hydrogens is 600 g/mol. The molecule has 1 saturated heterocycles. The Morgan fingerprint density at radius 3 is 2.33 bits per heavy atom. The van der Waals surface area contributed by atoms with Gasteiger partial charge < -0.3 is 31.9 Å². The van der Waals surface area contributed by atoms with Gasteiger partial charge in [0.2, 0.25) is 11.8 Å². The Kier molecular flexibility index (Phi) is 10.7. The maximum Gasteiger partial charge on any atom is 0.319 e. The van der Waals surface area contributed by atoms with Crippen LogP contribution in [-0.2, 0) is 16.0 Å². The Morgan fingerprint density at radius 1 is 0.854 bits per heavy atom. The molecule has 2 aliphatic rings. The molecule has 1 aliphatic heterocycles. The van der Waals surface area contributed by atoms with Gasteiger partial charge in [-0.2, -0.15) is 0 Å². The summed E-state index contributed by atoms with van der Waals surface area (Å²) in [6.07, 6.45) is 8.84. The van der Waals surface area contributed by atoms with Crippen LogP contribution in [0.25, 0.3) is 16.8 Å². The maximum absolute atomic E-state index is 13.6. The highest BCUT2D eigenvalue weighted by Crippen LogP contribution is 2.45. The summed E-state index contributed by atoms with van der Waals surface area (Å²) in [5, 5.41) is 14.7. The number of nitrogens with two attached hydrogens (primary N) is 1. The average Bonchev–Trinajstić information content (AvgIpc) is 3.11. The van der Waals surface area contributed by atoms with Crippen molar-refractivity contribution in [3.05, 3.63) is 108 Å². The van der Waals surface area contributed by atoms with E-state index in [4.69, 9.17) is 5.73 Å². The van der Waals surface area contributed by atoms with E-state index >= 15 is 0 Å². The number of hydrogen-bond donors (Lipinski definition) is 5. The third-order valence-electron chi connectivity index (χ3n) is 9.32. The molecule has 6 N–H and O–H groups in total. The van der Waals surface area contributed by atoms with Crippen LogP contribution in [0.1, 0.15) is 54.7 Å². The molecule has 0 bridgehead atoms. The normalized spacial score (nSPS) is 16.0. The number of fused-ring (bicyclic) bond motifs is 1. The van der Waals surface area contributed by atoms with Crippen molar-refractivity contribution in [2.24, 2.45) is 5.73 Å². The van der Waals surface area contributed by atoms with Gasteiger partial charge in [0.15, 0.2) is 0 Å². The van der Waals surface area contributed by atoms with E-state index < -0.39 is 18.0 Å². The predicted octanol–water partition coefficient (Wildman–Crippen LogP) is 6.17. The minimum absolute atomic E-state index is 0.148. The fourth-order valence-corrected chi connectivity index (χ4v) is 6.87. The Hall–Kier alpha value is -5.15. The maximum atomic E-state index is 13.6. The largest absolute Gasteiger partial charge is 0.368 e. The van der Waals surface area contributed by atoms with Crippen LogP contribution in [0.3, 0.4) is 0 Å². The highest BCUT2D eigenvalue weighted by Gasteiger charge is 2.28. The van der Waals surface area contributed by atoms with Crippen molar-refractivity contribution in [2.75, 3.05) is 41.7 Å². The van der Waals surface area contributed by atoms with Crippen molar-refractivity contribution in [3.63, 3.8) is 0 Å². The zero-order valence-electron chi connectivity index (χ0n) is 27.2. The molecule has 1 saturated carbocycles.